The molecule has 0 aliphatic rings. The normalized spacial score (nSPS) is 11.3. The maximum absolute atomic E-state index is 13.9. The van der Waals surface area contributed by atoms with Gasteiger partial charge in [0.2, 0.25) is 0 Å². The second-order valence-electron chi connectivity index (χ2n) is 10.2. The minimum absolute atomic E-state index is 0.173. The van der Waals surface area contributed by atoms with Crippen LogP contribution in [0.1, 0.15) is 55.9 Å². The first-order valence-electron chi connectivity index (χ1n) is 14.3. The number of carboxylic acids is 1. The Kier molecular flexibility index (Phi) is 9.98. The fraction of sp³-hybridized carbons (Fsp3) is 0.294. The summed E-state index contributed by atoms with van der Waals surface area (Å²) in [6.07, 6.45) is 3.66. The van der Waals surface area contributed by atoms with Crippen LogP contribution in [0.2, 0.25) is 0 Å². The third kappa shape index (κ3) is 6.94. The number of fused-ring (bicyclic) bond motifs is 1. The van der Waals surface area contributed by atoms with E-state index in [-0.39, 0.29) is 11.5 Å². The fourth-order valence-corrected chi connectivity index (χ4v) is 4.83. The van der Waals surface area contributed by atoms with Gasteiger partial charge < -0.3 is 19.3 Å². The highest BCUT2D eigenvalue weighted by Gasteiger charge is 2.19. The molecular weight excluding hydrogens is 546 g/mol. The smallest absolute Gasteiger partial charge is 0.341 e. The monoisotopic (exact) mass is 583 g/mol. The van der Waals surface area contributed by atoms with Crippen LogP contribution >= 0.6 is 0 Å². The second-order valence-corrected chi connectivity index (χ2v) is 10.2. The average Bonchev–Trinajstić information content (AvgIpc) is 2.96. The van der Waals surface area contributed by atoms with Crippen LogP contribution in [0.25, 0.3) is 22.3 Å². The number of aromatic nitrogens is 2. The van der Waals surface area contributed by atoms with Gasteiger partial charge in [0.15, 0.2) is 23.9 Å². The van der Waals surface area contributed by atoms with Crippen LogP contribution in [-0.2, 0) is 11.2 Å². The Morgan fingerprint density at radius 3 is 2.47 bits per heavy atom. The van der Waals surface area contributed by atoms with Gasteiger partial charge in [-0.1, -0.05) is 32.1 Å². The number of carbonyl (C=O) groups is 1. The minimum Gasteiger partial charge on any atom is -0.494 e. The Morgan fingerprint density at radius 1 is 1.07 bits per heavy atom. The summed E-state index contributed by atoms with van der Waals surface area (Å²) in [5.41, 5.74) is 4.23. The minimum atomic E-state index is -1.10. The number of hydrogen-bond donors (Lipinski definition) is 1. The summed E-state index contributed by atoms with van der Waals surface area (Å²) in [6, 6.07) is 14.7. The summed E-state index contributed by atoms with van der Waals surface area (Å²) in [5, 5.41) is 14.3. The molecule has 1 aromatic heterocycles. The molecule has 0 radical (unpaired) electrons. The van der Waals surface area contributed by atoms with Crippen LogP contribution in [0.5, 0.6) is 17.2 Å². The van der Waals surface area contributed by atoms with E-state index in [1.165, 1.54) is 4.68 Å². The molecule has 43 heavy (non-hydrogen) atoms. The summed E-state index contributed by atoms with van der Waals surface area (Å²) < 4.78 is 18.6. The number of allylic oxidation sites excluding steroid dienone is 1. The van der Waals surface area contributed by atoms with Crippen LogP contribution in [0.15, 0.2) is 71.1 Å². The highest BCUT2D eigenvalue weighted by Crippen LogP contribution is 2.35. The Bertz CT molecular complexity index is 1740. The van der Waals surface area contributed by atoms with E-state index < -0.39 is 12.6 Å². The van der Waals surface area contributed by atoms with Crippen LogP contribution in [0, 0.1) is 6.92 Å². The molecule has 0 spiro atoms. The summed E-state index contributed by atoms with van der Waals surface area (Å²) >= 11 is 0. The Labute approximate surface area is 251 Å². The molecule has 1 heterocycles. The van der Waals surface area contributed by atoms with Gasteiger partial charge in [0.25, 0.3) is 5.56 Å². The molecule has 0 unspecified atom stereocenters. The number of rotatable bonds is 13. The molecule has 0 bridgehead atoms. The topological polar surface area (TPSA) is 112 Å². The van der Waals surface area contributed by atoms with Gasteiger partial charge in [0, 0.05) is 11.1 Å². The number of aryl methyl sites for hydroxylation is 1. The molecule has 0 fully saturated rings. The Balaban J connectivity index is 1.93. The third-order valence-electron chi connectivity index (χ3n) is 6.75. The molecule has 4 rings (SSSR count). The van der Waals surface area contributed by atoms with Crippen molar-refractivity contribution in [2.45, 2.75) is 47.0 Å². The van der Waals surface area contributed by atoms with Crippen molar-refractivity contribution < 1.29 is 24.1 Å². The van der Waals surface area contributed by atoms with E-state index >= 15 is 0 Å². The molecule has 0 aliphatic heterocycles. The lowest BCUT2D eigenvalue weighted by atomic mass is 9.96. The van der Waals surface area contributed by atoms with Gasteiger partial charge in [-0.05, 0) is 86.2 Å². The van der Waals surface area contributed by atoms with E-state index in [1.54, 1.807) is 30.5 Å². The van der Waals surface area contributed by atoms with E-state index in [0.717, 1.165) is 22.4 Å². The van der Waals surface area contributed by atoms with Crippen molar-refractivity contribution >= 4 is 23.1 Å². The second kappa shape index (κ2) is 13.8. The SMILES string of the molecule is C=CCc1cc(C=Nn2c(-c3cc(C(C)C)c(OCC)cc3C)nc3ccccc3c2=O)cc(OCC)c1OCC(=O)O. The summed E-state index contributed by atoms with van der Waals surface area (Å²) in [5.74, 6) is 0.988. The lowest BCUT2D eigenvalue weighted by molar-refractivity contribution is -0.139. The fourth-order valence-electron chi connectivity index (χ4n) is 4.83. The summed E-state index contributed by atoms with van der Waals surface area (Å²) in [6.45, 7) is 14.1. The molecular formula is C34H37N3O6. The summed E-state index contributed by atoms with van der Waals surface area (Å²) in [7, 11) is 0. The number of carboxylic acid groups (broad SMARTS) is 1. The number of nitrogens with zero attached hydrogens (tertiary/aromatic N) is 3. The lowest BCUT2D eigenvalue weighted by Crippen LogP contribution is -2.21. The van der Waals surface area contributed by atoms with Crippen LogP contribution < -0.4 is 19.8 Å². The molecule has 3 aromatic carbocycles. The van der Waals surface area contributed by atoms with E-state index in [4.69, 9.17) is 24.3 Å². The molecule has 0 saturated carbocycles. The molecule has 0 atom stereocenters. The van der Waals surface area contributed by atoms with Gasteiger partial charge in [-0.3, -0.25) is 4.79 Å². The predicted molar refractivity (Wildman–Crippen MR) is 169 cm³/mol. The van der Waals surface area contributed by atoms with Crippen molar-refractivity contribution in [3.63, 3.8) is 0 Å². The van der Waals surface area contributed by atoms with Gasteiger partial charge >= 0.3 is 5.97 Å². The van der Waals surface area contributed by atoms with Gasteiger partial charge in [-0.2, -0.15) is 9.78 Å². The first-order chi connectivity index (χ1) is 20.7. The van der Waals surface area contributed by atoms with Gasteiger partial charge in [-0.15, -0.1) is 6.58 Å². The number of aliphatic carboxylic acids is 1. The molecule has 0 aliphatic carbocycles. The number of benzene rings is 3. The van der Waals surface area contributed by atoms with E-state index in [2.05, 4.69) is 25.5 Å². The van der Waals surface area contributed by atoms with Crippen molar-refractivity contribution in [1.82, 2.24) is 9.66 Å². The summed E-state index contributed by atoms with van der Waals surface area (Å²) in [4.78, 5) is 29.9. The molecule has 4 aromatic rings. The quantitative estimate of drug-likeness (QED) is 0.144. The van der Waals surface area contributed by atoms with Gasteiger partial charge in [0.1, 0.15) is 5.75 Å². The van der Waals surface area contributed by atoms with Crippen molar-refractivity contribution in [3.8, 4) is 28.6 Å². The van der Waals surface area contributed by atoms with E-state index in [1.807, 2.05) is 51.1 Å². The van der Waals surface area contributed by atoms with Crippen LogP contribution in [-0.4, -0.2) is 46.8 Å². The third-order valence-corrected chi connectivity index (χ3v) is 6.75. The van der Waals surface area contributed by atoms with E-state index in [9.17, 15) is 9.59 Å². The maximum Gasteiger partial charge on any atom is 0.341 e. The van der Waals surface area contributed by atoms with Crippen molar-refractivity contribution in [2.24, 2.45) is 5.10 Å². The zero-order chi connectivity index (χ0) is 31.1. The first kappa shape index (κ1) is 31.0. The standard InChI is InChI=1S/C34H37N3O6/c1-7-12-24-16-23(17-30(42-9-3)32(24)43-20-31(38)39)19-35-37-33(36-28-14-11-10-13-25(28)34(37)40)27-18-26(21(4)5)29(41-8-2)15-22(27)6/h7,10-11,13-19,21H,1,8-9,12,20H2,2-6H3,(H,38,39). The van der Waals surface area contributed by atoms with E-state index in [0.29, 0.717) is 59.0 Å². The molecule has 224 valence electrons. The molecule has 1 N–H and O–H groups in total. The predicted octanol–water partition coefficient (Wildman–Crippen LogP) is 6.37. The maximum atomic E-state index is 13.9. The largest absolute Gasteiger partial charge is 0.494 e. The van der Waals surface area contributed by atoms with Crippen LogP contribution in [0.3, 0.4) is 0 Å². The zero-order valence-corrected chi connectivity index (χ0v) is 25.2. The number of para-hydroxylation sites is 1. The van der Waals surface area contributed by atoms with Gasteiger partial charge in [0.05, 0.1) is 30.3 Å². The zero-order valence-electron chi connectivity index (χ0n) is 25.2. The molecule has 9 nitrogen and oxygen atoms in total. The molecule has 9 heteroatoms. The number of hydrogen-bond acceptors (Lipinski definition) is 7. The molecule has 0 saturated heterocycles. The first-order valence-corrected chi connectivity index (χ1v) is 14.3. The Morgan fingerprint density at radius 2 is 1.79 bits per heavy atom. The lowest BCUT2D eigenvalue weighted by Gasteiger charge is -2.18. The van der Waals surface area contributed by atoms with Crippen molar-refractivity contribution in [2.75, 3.05) is 19.8 Å². The number of ether oxygens (including phenoxy) is 3. The van der Waals surface area contributed by atoms with Gasteiger partial charge in [-0.25, -0.2) is 9.78 Å². The highest BCUT2D eigenvalue weighted by molar-refractivity contribution is 5.84. The highest BCUT2D eigenvalue weighted by atomic mass is 16.5. The van der Waals surface area contributed by atoms with Crippen molar-refractivity contribution in [3.05, 3.63) is 93.8 Å². The Hall–Kier alpha value is -4.92. The van der Waals surface area contributed by atoms with Crippen LogP contribution in [0.4, 0.5) is 0 Å². The average molecular weight is 584 g/mol. The molecule has 0 amide bonds. The van der Waals surface area contributed by atoms with Crippen molar-refractivity contribution in [1.29, 1.82) is 0 Å².